The second kappa shape index (κ2) is 4.68. The van der Waals surface area contributed by atoms with E-state index in [9.17, 15) is 4.79 Å². The molecule has 112 valence electrons. The third kappa shape index (κ3) is 1.57. The predicted octanol–water partition coefficient (Wildman–Crippen LogP) is 3.50. The first-order valence-corrected chi connectivity index (χ1v) is 7.59. The van der Waals surface area contributed by atoms with E-state index in [4.69, 9.17) is 9.47 Å². The highest BCUT2D eigenvalue weighted by molar-refractivity contribution is 5.77. The maximum absolute atomic E-state index is 12.4. The molecule has 3 atom stereocenters. The van der Waals surface area contributed by atoms with Crippen LogP contribution in [0.3, 0.4) is 0 Å². The van der Waals surface area contributed by atoms with Gasteiger partial charge in [-0.1, -0.05) is 48.5 Å². The van der Waals surface area contributed by atoms with Gasteiger partial charge < -0.3 is 9.47 Å². The van der Waals surface area contributed by atoms with E-state index in [1.165, 1.54) is 12.7 Å². The van der Waals surface area contributed by atoms with Crippen LogP contribution in [0.1, 0.15) is 34.8 Å². The fraction of sp³-hybridized carbons (Fsp3) is 0.316. The van der Waals surface area contributed by atoms with Gasteiger partial charge >= 0.3 is 5.97 Å². The number of ether oxygens (including phenoxy) is 2. The van der Waals surface area contributed by atoms with Crippen molar-refractivity contribution in [3.05, 3.63) is 70.8 Å². The predicted molar refractivity (Wildman–Crippen MR) is 82.4 cm³/mol. The number of carbonyl (C=O) groups excluding carboxylic acids is 1. The van der Waals surface area contributed by atoms with Gasteiger partial charge in [0.05, 0.1) is 19.1 Å². The molecule has 22 heavy (non-hydrogen) atoms. The number of benzene rings is 2. The van der Waals surface area contributed by atoms with Crippen LogP contribution >= 0.6 is 0 Å². The number of esters is 1. The number of rotatable bonds is 2. The van der Waals surface area contributed by atoms with Crippen molar-refractivity contribution < 1.29 is 14.3 Å². The Balaban J connectivity index is 1.99. The lowest BCUT2D eigenvalue weighted by Gasteiger charge is -2.34. The van der Waals surface area contributed by atoms with Gasteiger partial charge in [-0.2, -0.15) is 0 Å². The van der Waals surface area contributed by atoms with Crippen molar-refractivity contribution in [3.8, 4) is 0 Å². The molecule has 0 aliphatic carbocycles. The maximum atomic E-state index is 12.4. The van der Waals surface area contributed by atoms with Crippen molar-refractivity contribution in [1.29, 1.82) is 0 Å². The molecule has 0 aromatic heterocycles. The van der Waals surface area contributed by atoms with Crippen LogP contribution < -0.4 is 0 Å². The van der Waals surface area contributed by atoms with Crippen molar-refractivity contribution >= 4 is 5.97 Å². The first-order chi connectivity index (χ1) is 10.7. The molecular formula is C19H18O3. The standard InChI is InChI=1S/C19H18O3/c1-12-7-3-5-9-14(12)19-15-10-6-4-8-13(15)17(22-19)11-16(19)18(20)21-2/h3-10,16-17H,11H2,1-2H3/t16?,17-,19-/m1/s1. The molecule has 2 bridgehead atoms. The molecule has 3 heteroatoms. The van der Waals surface area contributed by atoms with Crippen LogP contribution in [0.2, 0.25) is 0 Å². The molecule has 3 nitrogen and oxygen atoms in total. The number of methoxy groups -OCH3 is 1. The average molecular weight is 294 g/mol. The van der Waals surface area contributed by atoms with Gasteiger partial charge in [0.25, 0.3) is 0 Å². The summed E-state index contributed by atoms with van der Waals surface area (Å²) < 4.78 is 11.5. The number of hydrogen-bond acceptors (Lipinski definition) is 3. The van der Waals surface area contributed by atoms with Gasteiger partial charge in [-0.15, -0.1) is 0 Å². The summed E-state index contributed by atoms with van der Waals surface area (Å²) in [6, 6.07) is 16.4. The Kier molecular flexibility index (Phi) is 2.88. The van der Waals surface area contributed by atoms with E-state index < -0.39 is 5.60 Å². The third-order valence-electron chi connectivity index (χ3n) is 5.01. The molecule has 2 aromatic rings. The molecule has 2 heterocycles. The van der Waals surface area contributed by atoms with Crippen molar-refractivity contribution in [2.75, 3.05) is 7.11 Å². The summed E-state index contributed by atoms with van der Waals surface area (Å²) in [4.78, 5) is 12.4. The molecule has 2 aliphatic heterocycles. The molecule has 0 radical (unpaired) electrons. The van der Waals surface area contributed by atoms with Crippen LogP contribution in [-0.4, -0.2) is 13.1 Å². The molecule has 1 fully saturated rings. The molecule has 0 spiro atoms. The Bertz CT molecular complexity index is 752. The minimum absolute atomic E-state index is 0.0279. The highest BCUT2D eigenvalue weighted by Gasteiger charge is 2.61. The number of hydrogen-bond donors (Lipinski definition) is 0. The molecule has 2 aromatic carbocycles. The van der Waals surface area contributed by atoms with Gasteiger partial charge in [0.1, 0.15) is 5.60 Å². The molecule has 1 unspecified atom stereocenters. The van der Waals surface area contributed by atoms with Gasteiger partial charge in [0, 0.05) is 0 Å². The molecule has 0 N–H and O–H groups in total. The quantitative estimate of drug-likeness (QED) is 0.795. The average Bonchev–Trinajstić information content (AvgIpc) is 3.10. The van der Waals surface area contributed by atoms with E-state index in [-0.39, 0.29) is 18.0 Å². The minimum atomic E-state index is -0.709. The lowest BCUT2D eigenvalue weighted by atomic mass is 9.70. The van der Waals surface area contributed by atoms with Gasteiger partial charge in [-0.05, 0) is 35.6 Å². The molecule has 1 saturated heterocycles. The van der Waals surface area contributed by atoms with Gasteiger partial charge in [0.15, 0.2) is 0 Å². The SMILES string of the molecule is COC(=O)C1C[C@H]2O[C@]1(c1ccccc1C)c1ccccc12. The second-order valence-corrected chi connectivity index (χ2v) is 6.06. The van der Waals surface area contributed by atoms with E-state index in [0.717, 1.165) is 16.7 Å². The highest BCUT2D eigenvalue weighted by atomic mass is 16.5. The highest BCUT2D eigenvalue weighted by Crippen LogP contribution is 2.61. The summed E-state index contributed by atoms with van der Waals surface area (Å²) in [6.07, 6.45) is 0.651. The first-order valence-electron chi connectivity index (χ1n) is 7.59. The lowest BCUT2D eigenvalue weighted by molar-refractivity contribution is -0.150. The van der Waals surface area contributed by atoms with Crippen LogP contribution in [0.15, 0.2) is 48.5 Å². The van der Waals surface area contributed by atoms with E-state index in [0.29, 0.717) is 6.42 Å². The monoisotopic (exact) mass is 294 g/mol. The summed E-state index contributed by atoms with van der Waals surface area (Å²) in [5.74, 6) is -0.487. The van der Waals surface area contributed by atoms with E-state index in [1.54, 1.807) is 0 Å². The zero-order valence-electron chi connectivity index (χ0n) is 12.7. The molecule has 0 saturated carbocycles. The van der Waals surface area contributed by atoms with Crippen LogP contribution in [0, 0.1) is 12.8 Å². The zero-order chi connectivity index (χ0) is 15.3. The topological polar surface area (TPSA) is 35.5 Å². The summed E-state index contributed by atoms with van der Waals surface area (Å²) in [5, 5.41) is 0. The first kappa shape index (κ1) is 13.5. The number of fused-ring (bicyclic) bond motifs is 5. The largest absolute Gasteiger partial charge is 0.469 e. The van der Waals surface area contributed by atoms with Gasteiger partial charge in [-0.3, -0.25) is 4.79 Å². The van der Waals surface area contributed by atoms with E-state index >= 15 is 0 Å². The Hall–Kier alpha value is -2.13. The smallest absolute Gasteiger partial charge is 0.312 e. The lowest BCUT2D eigenvalue weighted by Crippen LogP contribution is -2.39. The van der Waals surface area contributed by atoms with Crippen LogP contribution in [0.25, 0.3) is 0 Å². The molecule has 4 rings (SSSR count). The normalized spacial score (nSPS) is 28.5. The van der Waals surface area contributed by atoms with Crippen LogP contribution in [0.4, 0.5) is 0 Å². The van der Waals surface area contributed by atoms with Crippen molar-refractivity contribution in [2.24, 2.45) is 5.92 Å². The summed E-state index contributed by atoms with van der Waals surface area (Å²) in [6.45, 7) is 2.07. The van der Waals surface area contributed by atoms with Crippen molar-refractivity contribution in [2.45, 2.75) is 25.0 Å². The fourth-order valence-corrected chi connectivity index (χ4v) is 4.08. The van der Waals surface area contributed by atoms with E-state index in [1.807, 2.05) is 24.3 Å². The van der Waals surface area contributed by atoms with E-state index in [2.05, 4.69) is 31.2 Å². The Labute approximate surface area is 129 Å². The number of aryl methyl sites for hydroxylation is 1. The molecular weight excluding hydrogens is 276 g/mol. The number of carbonyl (C=O) groups is 1. The minimum Gasteiger partial charge on any atom is -0.469 e. The Morgan fingerprint density at radius 2 is 1.82 bits per heavy atom. The maximum Gasteiger partial charge on any atom is 0.312 e. The Morgan fingerprint density at radius 3 is 2.55 bits per heavy atom. The fourth-order valence-electron chi connectivity index (χ4n) is 4.08. The summed E-state index contributed by atoms with van der Waals surface area (Å²) >= 11 is 0. The molecule has 2 aliphatic rings. The second-order valence-electron chi connectivity index (χ2n) is 6.06. The summed E-state index contributed by atoms with van der Waals surface area (Å²) in [5.41, 5.74) is 3.80. The van der Waals surface area contributed by atoms with Gasteiger partial charge in [-0.25, -0.2) is 0 Å². The molecule has 0 amide bonds. The van der Waals surface area contributed by atoms with Gasteiger partial charge in [0.2, 0.25) is 0 Å². The van der Waals surface area contributed by atoms with Crippen LogP contribution in [-0.2, 0) is 19.9 Å². The zero-order valence-corrected chi connectivity index (χ0v) is 12.7. The van der Waals surface area contributed by atoms with Crippen molar-refractivity contribution in [1.82, 2.24) is 0 Å². The summed E-state index contributed by atoms with van der Waals surface area (Å²) in [7, 11) is 1.45. The third-order valence-corrected chi connectivity index (χ3v) is 5.01. The van der Waals surface area contributed by atoms with Crippen LogP contribution in [0.5, 0.6) is 0 Å². The Morgan fingerprint density at radius 1 is 1.14 bits per heavy atom. The van der Waals surface area contributed by atoms with Crippen molar-refractivity contribution in [3.63, 3.8) is 0 Å².